The molecule has 18 heteroatoms. The van der Waals surface area contributed by atoms with E-state index in [9.17, 15) is 38.7 Å². The topological polar surface area (TPSA) is 262 Å². The molecule has 7 amide bonds. The van der Waals surface area contributed by atoms with Crippen LogP contribution in [0.1, 0.15) is 45.4 Å². The van der Waals surface area contributed by atoms with Crippen molar-refractivity contribution < 1.29 is 43.5 Å². The molecule has 1 saturated heterocycles. The van der Waals surface area contributed by atoms with Crippen LogP contribution in [-0.2, 0) is 51.2 Å². The van der Waals surface area contributed by atoms with E-state index in [4.69, 9.17) is 4.84 Å². The van der Waals surface area contributed by atoms with Crippen LogP contribution in [0, 0.1) is 5.92 Å². The summed E-state index contributed by atoms with van der Waals surface area (Å²) in [5.74, 6) is -5.66. The van der Waals surface area contributed by atoms with Crippen LogP contribution in [0.15, 0.2) is 42.9 Å². The van der Waals surface area contributed by atoms with Gasteiger partial charge in [0, 0.05) is 24.7 Å². The van der Waals surface area contributed by atoms with Gasteiger partial charge in [0.1, 0.15) is 30.2 Å². The molecule has 9 N–H and O–H groups in total. The SMILES string of the molecule is CC(C)C[C@@H]1NC(=O)CONC(=O)[C@H](C)NC(=O)[C@H](Cc2cnc[nH]2)NC(=O)[C@H](Cc2ccccc2)NC(=O)CNC(=O)[C@H]([C@@H](C)O)NC1=O. The Bertz CT molecular complexity index is 1490. The Kier molecular flexibility index (Phi) is 14.8. The minimum Gasteiger partial charge on any atom is -0.391 e. The molecule has 1 aliphatic rings. The highest BCUT2D eigenvalue weighted by molar-refractivity contribution is 5.96. The van der Waals surface area contributed by atoms with E-state index in [-0.39, 0.29) is 25.2 Å². The molecule has 1 fully saturated rings. The first-order chi connectivity index (χ1) is 23.7. The summed E-state index contributed by atoms with van der Waals surface area (Å²) in [6.07, 6.45) is 1.54. The zero-order chi connectivity index (χ0) is 36.8. The molecule has 1 aromatic heterocycles. The second-order valence-corrected chi connectivity index (χ2v) is 12.3. The van der Waals surface area contributed by atoms with Gasteiger partial charge in [0.2, 0.25) is 35.4 Å². The third-order valence-electron chi connectivity index (χ3n) is 7.52. The van der Waals surface area contributed by atoms with Crippen molar-refractivity contribution in [2.75, 3.05) is 13.2 Å². The molecule has 50 heavy (non-hydrogen) atoms. The van der Waals surface area contributed by atoms with Gasteiger partial charge in [-0.25, -0.2) is 10.5 Å². The Morgan fingerprint density at radius 1 is 0.780 bits per heavy atom. The third kappa shape index (κ3) is 12.6. The molecule has 0 radical (unpaired) electrons. The lowest BCUT2D eigenvalue weighted by Crippen LogP contribution is -2.59. The monoisotopic (exact) mass is 699 g/mol. The van der Waals surface area contributed by atoms with Crippen molar-refractivity contribution >= 4 is 41.4 Å². The molecular formula is C32H45N9O9. The lowest BCUT2D eigenvalue weighted by Gasteiger charge is -2.26. The fraction of sp³-hybridized carbons (Fsp3) is 0.500. The van der Waals surface area contributed by atoms with Crippen LogP contribution in [0.2, 0.25) is 0 Å². The first kappa shape index (κ1) is 39.1. The number of carbonyl (C=O) groups excluding carboxylic acids is 7. The van der Waals surface area contributed by atoms with Crippen LogP contribution in [0.3, 0.4) is 0 Å². The van der Waals surface area contributed by atoms with Gasteiger partial charge in [0.25, 0.3) is 5.91 Å². The molecule has 6 atom stereocenters. The van der Waals surface area contributed by atoms with E-state index in [0.717, 1.165) is 0 Å². The Morgan fingerprint density at radius 3 is 2.06 bits per heavy atom. The maximum absolute atomic E-state index is 13.7. The normalized spacial score (nSPS) is 24.6. The van der Waals surface area contributed by atoms with Gasteiger partial charge in [-0.05, 0) is 31.7 Å². The largest absolute Gasteiger partial charge is 0.391 e. The summed E-state index contributed by atoms with van der Waals surface area (Å²) in [5, 5.41) is 25.3. The van der Waals surface area contributed by atoms with E-state index in [2.05, 4.69) is 47.3 Å². The average molecular weight is 700 g/mol. The number of aromatic nitrogens is 2. The highest BCUT2D eigenvalue weighted by Gasteiger charge is 2.32. The van der Waals surface area contributed by atoms with Crippen molar-refractivity contribution in [2.45, 2.75) is 83.3 Å². The van der Waals surface area contributed by atoms with Gasteiger partial charge < -0.3 is 42.0 Å². The molecule has 3 rings (SSSR count). The number of hydrogen-bond acceptors (Lipinski definition) is 10. The summed E-state index contributed by atoms with van der Waals surface area (Å²) in [6.45, 7) is 4.89. The van der Waals surface area contributed by atoms with Crippen LogP contribution in [0.25, 0.3) is 0 Å². The van der Waals surface area contributed by atoms with Crippen molar-refractivity contribution in [1.82, 2.24) is 47.3 Å². The van der Waals surface area contributed by atoms with Crippen LogP contribution in [0.5, 0.6) is 0 Å². The summed E-state index contributed by atoms with van der Waals surface area (Å²) in [4.78, 5) is 104. The first-order valence-corrected chi connectivity index (χ1v) is 16.1. The van der Waals surface area contributed by atoms with Crippen molar-refractivity contribution in [1.29, 1.82) is 0 Å². The van der Waals surface area contributed by atoms with Gasteiger partial charge in [0.05, 0.1) is 19.0 Å². The molecular weight excluding hydrogens is 654 g/mol. The van der Waals surface area contributed by atoms with Gasteiger partial charge in [0.15, 0.2) is 6.61 Å². The summed E-state index contributed by atoms with van der Waals surface area (Å²) >= 11 is 0. The Balaban J connectivity index is 1.91. The predicted molar refractivity (Wildman–Crippen MR) is 176 cm³/mol. The number of rotatable bonds is 7. The molecule has 0 bridgehead atoms. The summed E-state index contributed by atoms with van der Waals surface area (Å²) in [7, 11) is 0. The zero-order valence-electron chi connectivity index (χ0n) is 28.3. The third-order valence-corrected chi connectivity index (χ3v) is 7.52. The number of H-pyrrole nitrogens is 1. The predicted octanol–water partition coefficient (Wildman–Crippen LogP) is -2.76. The van der Waals surface area contributed by atoms with E-state index in [1.165, 1.54) is 26.4 Å². The number of hydroxylamine groups is 1. The molecule has 2 aromatic rings. The van der Waals surface area contributed by atoms with Crippen LogP contribution in [-0.4, -0.2) is 106 Å². The molecule has 0 saturated carbocycles. The van der Waals surface area contributed by atoms with E-state index in [0.29, 0.717) is 11.3 Å². The van der Waals surface area contributed by atoms with Gasteiger partial charge in [-0.2, -0.15) is 0 Å². The standard InChI is InChI=1S/C32H45N9O9/c1-17(2)10-22-31(48)40-27(19(4)42)32(49)34-14-25(43)37-23(11-20-8-6-5-7-9-20)30(47)39-24(12-21-13-33-16-35-21)29(46)36-18(3)28(45)41-50-15-26(44)38-22/h5-9,13,16-19,22-24,27,42H,10-12,14-15H2,1-4H3,(H,33,35)(H,34,49)(H,36,46)(H,37,43)(H,38,44)(H,39,47)(H,40,48)(H,41,45)/t18-,19+,22-,23-,24-,27-/m0/s1. The van der Waals surface area contributed by atoms with Crippen molar-refractivity contribution in [3.8, 4) is 0 Å². The molecule has 1 aliphatic heterocycles. The lowest BCUT2D eigenvalue weighted by molar-refractivity contribution is -0.143. The van der Waals surface area contributed by atoms with Crippen molar-refractivity contribution in [3.05, 3.63) is 54.1 Å². The smallest absolute Gasteiger partial charge is 0.265 e. The van der Waals surface area contributed by atoms with Crippen molar-refractivity contribution in [2.24, 2.45) is 5.92 Å². The van der Waals surface area contributed by atoms with Crippen molar-refractivity contribution in [3.63, 3.8) is 0 Å². The highest BCUT2D eigenvalue weighted by atomic mass is 16.7. The fourth-order valence-corrected chi connectivity index (χ4v) is 4.92. The molecule has 18 nitrogen and oxygen atoms in total. The van der Waals surface area contributed by atoms with Crippen LogP contribution >= 0.6 is 0 Å². The number of nitrogens with zero attached hydrogens (tertiary/aromatic N) is 1. The maximum atomic E-state index is 13.7. The number of amides is 7. The molecule has 2 heterocycles. The Labute approximate surface area is 288 Å². The number of imidazole rings is 1. The first-order valence-electron chi connectivity index (χ1n) is 16.1. The number of carbonyl (C=O) groups is 7. The van der Waals surface area contributed by atoms with Gasteiger partial charge in [-0.3, -0.25) is 38.4 Å². The van der Waals surface area contributed by atoms with Gasteiger partial charge in [-0.15, -0.1) is 0 Å². The number of aromatic amines is 1. The van der Waals surface area contributed by atoms with Crippen LogP contribution in [0.4, 0.5) is 0 Å². The second-order valence-electron chi connectivity index (χ2n) is 12.3. The Hall–Kier alpha value is -5.36. The molecule has 1 aromatic carbocycles. The summed E-state index contributed by atoms with van der Waals surface area (Å²) < 4.78 is 0. The lowest BCUT2D eigenvalue weighted by atomic mass is 10.0. The van der Waals surface area contributed by atoms with E-state index in [1.54, 1.807) is 44.2 Å². The number of hydrogen-bond donors (Lipinski definition) is 9. The quantitative estimate of drug-likeness (QED) is 0.144. The number of aliphatic hydroxyl groups is 1. The van der Waals surface area contributed by atoms with Gasteiger partial charge >= 0.3 is 0 Å². The average Bonchev–Trinajstić information content (AvgIpc) is 3.58. The zero-order valence-corrected chi connectivity index (χ0v) is 28.3. The van der Waals surface area contributed by atoms with E-state index < -0.39 is 90.8 Å². The van der Waals surface area contributed by atoms with Gasteiger partial charge in [-0.1, -0.05) is 44.2 Å². The second kappa shape index (κ2) is 19.0. The van der Waals surface area contributed by atoms with E-state index >= 15 is 0 Å². The minimum atomic E-state index is -1.51. The Morgan fingerprint density at radius 2 is 1.42 bits per heavy atom. The summed E-state index contributed by atoms with van der Waals surface area (Å²) in [6, 6.07) is 2.43. The molecule has 0 unspecified atom stereocenters. The molecule has 0 spiro atoms. The summed E-state index contributed by atoms with van der Waals surface area (Å²) in [5.41, 5.74) is 3.24. The fourth-order valence-electron chi connectivity index (χ4n) is 4.92. The maximum Gasteiger partial charge on any atom is 0.265 e. The molecule has 0 aliphatic carbocycles. The number of nitrogens with one attached hydrogen (secondary N) is 8. The van der Waals surface area contributed by atoms with Crippen LogP contribution < -0.4 is 37.4 Å². The highest BCUT2D eigenvalue weighted by Crippen LogP contribution is 2.08. The number of aliphatic hydroxyl groups excluding tert-OH is 1. The molecule has 272 valence electrons. The number of benzene rings is 1. The van der Waals surface area contributed by atoms with E-state index in [1.807, 2.05) is 0 Å². The minimum absolute atomic E-state index is 0.0101.